The van der Waals surface area contributed by atoms with E-state index in [0.717, 1.165) is 19.3 Å². The number of halogens is 1. The van der Waals surface area contributed by atoms with Crippen LogP contribution >= 0.6 is 12.4 Å². The van der Waals surface area contributed by atoms with Crippen LogP contribution in [0.5, 0.6) is 11.5 Å². The predicted octanol–water partition coefficient (Wildman–Crippen LogP) is 3.59. The van der Waals surface area contributed by atoms with Gasteiger partial charge < -0.3 is 25.8 Å². The average Bonchev–Trinajstić information content (AvgIpc) is 3.12. The highest BCUT2D eigenvalue weighted by Gasteiger charge is 2.26. The third-order valence-electron chi connectivity index (χ3n) is 5.41. The zero-order chi connectivity index (χ0) is 20.2. The normalized spacial score (nSPS) is 19.5. The Kier molecular flexibility index (Phi) is 7.18. The summed E-state index contributed by atoms with van der Waals surface area (Å²) in [4.78, 5) is 25.3. The van der Waals surface area contributed by atoms with Crippen LogP contribution in [-0.2, 0) is 4.79 Å². The van der Waals surface area contributed by atoms with Crippen molar-refractivity contribution in [2.75, 3.05) is 23.8 Å². The van der Waals surface area contributed by atoms with Crippen molar-refractivity contribution in [1.82, 2.24) is 0 Å². The molecule has 2 atom stereocenters. The maximum Gasteiger partial charge on any atom is 0.257 e. The first-order valence-corrected chi connectivity index (χ1v) is 9.95. The van der Waals surface area contributed by atoms with Gasteiger partial charge in [0.15, 0.2) is 11.5 Å². The summed E-state index contributed by atoms with van der Waals surface area (Å²) in [6.45, 7) is 0.988. The van der Waals surface area contributed by atoms with Crippen LogP contribution in [-0.4, -0.2) is 31.1 Å². The first kappa shape index (κ1) is 21.9. The van der Waals surface area contributed by atoms with Gasteiger partial charge >= 0.3 is 0 Å². The third-order valence-corrected chi connectivity index (χ3v) is 5.41. The lowest BCUT2D eigenvalue weighted by Crippen LogP contribution is -2.28. The molecule has 1 fully saturated rings. The molecule has 1 saturated carbocycles. The Labute approximate surface area is 181 Å². The molecule has 160 valence electrons. The molecule has 0 radical (unpaired) electrons. The molecule has 2 aromatic rings. The maximum absolute atomic E-state index is 12.8. The Balaban J connectivity index is 0.00000256. The van der Waals surface area contributed by atoms with E-state index in [1.807, 2.05) is 0 Å². The number of ether oxygens (including phenoxy) is 2. The Hall–Kier alpha value is -2.77. The summed E-state index contributed by atoms with van der Waals surface area (Å²) in [6.07, 6.45) is 3.38. The zero-order valence-corrected chi connectivity index (χ0v) is 17.4. The number of para-hydroxylation sites is 1. The average molecular weight is 432 g/mol. The van der Waals surface area contributed by atoms with Gasteiger partial charge in [-0.2, -0.15) is 0 Å². The molecular formula is C22H26ClN3O4. The lowest BCUT2D eigenvalue weighted by molar-refractivity contribution is -0.117. The van der Waals surface area contributed by atoms with Crippen molar-refractivity contribution in [3.05, 3.63) is 48.0 Å². The minimum Gasteiger partial charge on any atom is -0.486 e. The number of nitrogens with one attached hydrogen (secondary N) is 2. The summed E-state index contributed by atoms with van der Waals surface area (Å²) < 4.78 is 11.1. The minimum atomic E-state index is -0.310. The molecule has 1 aliphatic carbocycles. The van der Waals surface area contributed by atoms with E-state index in [1.54, 1.807) is 42.5 Å². The van der Waals surface area contributed by atoms with E-state index in [0.29, 0.717) is 48.1 Å². The first-order chi connectivity index (χ1) is 14.1. The fourth-order valence-corrected chi connectivity index (χ4v) is 3.87. The Morgan fingerprint density at radius 1 is 1.00 bits per heavy atom. The summed E-state index contributed by atoms with van der Waals surface area (Å²) in [6, 6.07) is 12.3. The van der Waals surface area contributed by atoms with Crippen LogP contribution < -0.4 is 25.8 Å². The van der Waals surface area contributed by atoms with Crippen molar-refractivity contribution in [2.24, 2.45) is 11.7 Å². The van der Waals surface area contributed by atoms with Gasteiger partial charge in [0.1, 0.15) is 13.2 Å². The Bertz CT molecular complexity index is 921. The number of benzene rings is 2. The van der Waals surface area contributed by atoms with Gasteiger partial charge in [0.05, 0.1) is 11.3 Å². The maximum atomic E-state index is 12.8. The standard InChI is InChI=1S/C22H25N3O4.ClH/c23-17-6-3-4-14(17)12-21(26)25-18-7-2-1-5-16(18)22(27)24-15-8-9-19-20(13-15)29-11-10-28-19;/h1-2,5,7-9,13-14,17H,3-4,6,10-12,23H2,(H,24,27)(H,25,26);1H/t14-,17+;/m0./s1. The van der Waals surface area contributed by atoms with Crippen molar-refractivity contribution < 1.29 is 19.1 Å². The second-order valence-corrected chi connectivity index (χ2v) is 7.47. The van der Waals surface area contributed by atoms with Crippen molar-refractivity contribution in [3.63, 3.8) is 0 Å². The number of hydrogen-bond acceptors (Lipinski definition) is 5. The van der Waals surface area contributed by atoms with Gasteiger partial charge in [-0.05, 0) is 43.0 Å². The highest BCUT2D eigenvalue weighted by Crippen LogP contribution is 2.33. The molecule has 2 amide bonds. The number of carbonyl (C=O) groups excluding carboxylic acids is 2. The number of hydrogen-bond donors (Lipinski definition) is 3. The van der Waals surface area contributed by atoms with Crippen LogP contribution in [0.2, 0.25) is 0 Å². The predicted molar refractivity (Wildman–Crippen MR) is 118 cm³/mol. The second-order valence-electron chi connectivity index (χ2n) is 7.47. The largest absolute Gasteiger partial charge is 0.486 e. The minimum absolute atomic E-state index is 0. The molecule has 2 aromatic carbocycles. The van der Waals surface area contributed by atoms with Crippen LogP contribution in [0, 0.1) is 5.92 Å². The van der Waals surface area contributed by atoms with Crippen LogP contribution in [0.1, 0.15) is 36.0 Å². The highest BCUT2D eigenvalue weighted by molar-refractivity contribution is 6.10. The van der Waals surface area contributed by atoms with Crippen LogP contribution in [0.4, 0.5) is 11.4 Å². The monoisotopic (exact) mass is 431 g/mol. The van der Waals surface area contributed by atoms with Gasteiger partial charge in [0.2, 0.25) is 5.91 Å². The van der Waals surface area contributed by atoms with E-state index < -0.39 is 0 Å². The molecular weight excluding hydrogens is 406 g/mol. The molecule has 4 N–H and O–H groups in total. The molecule has 0 unspecified atom stereocenters. The molecule has 0 bridgehead atoms. The van der Waals surface area contributed by atoms with Crippen molar-refractivity contribution >= 4 is 35.6 Å². The molecule has 0 aromatic heterocycles. The van der Waals surface area contributed by atoms with Gasteiger partial charge in [-0.15, -0.1) is 12.4 Å². The molecule has 4 rings (SSSR count). The van der Waals surface area contributed by atoms with Crippen LogP contribution in [0.15, 0.2) is 42.5 Å². The van der Waals surface area contributed by atoms with E-state index in [4.69, 9.17) is 15.2 Å². The van der Waals surface area contributed by atoms with E-state index in [1.165, 1.54) is 0 Å². The van der Waals surface area contributed by atoms with Crippen molar-refractivity contribution in [2.45, 2.75) is 31.7 Å². The number of carbonyl (C=O) groups is 2. The number of fused-ring (bicyclic) bond motifs is 1. The summed E-state index contributed by atoms with van der Waals surface area (Å²) in [7, 11) is 0. The lowest BCUT2D eigenvalue weighted by Gasteiger charge is -2.19. The molecule has 1 aliphatic heterocycles. The molecule has 8 heteroatoms. The number of anilines is 2. The fourth-order valence-electron chi connectivity index (χ4n) is 3.87. The van der Waals surface area contributed by atoms with Crippen LogP contribution in [0.25, 0.3) is 0 Å². The molecule has 1 heterocycles. The molecule has 7 nitrogen and oxygen atoms in total. The van der Waals surface area contributed by atoms with Crippen molar-refractivity contribution in [1.29, 1.82) is 0 Å². The summed E-state index contributed by atoms with van der Waals surface area (Å²) in [5.41, 5.74) is 7.54. The van der Waals surface area contributed by atoms with E-state index in [-0.39, 0.29) is 36.2 Å². The summed E-state index contributed by atoms with van der Waals surface area (Å²) >= 11 is 0. The topological polar surface area (TPSA) is 103 Å². The van der Waals surface area contributed by atoms with Gasteiger partial charge in [0, 0.05) is 24.2 Å². The van der Waals surface area contributed by atoms with E-state index in [2.05, 4.69) is 10.6 Å². The smallest absolute Gasteiger partial charge is 0.257 e. The lowest BCUT2D eigenvalue weighted by atomic mass is 9.99. The van der Waals surface area contributed by atoms with Gasteiger partial charge in [-0.3, -0.25) is 9.59 Å². The molecule has 2 aliphatic rings. The molecule has 30 heavy (non-hydrogen) atoms. The first-order valence-electron chi connectivity index (χ1n) is 9.95. The van der Waals surface area contributed by atoms with Gasteiger partial charge in [-0.25, -0.2) is 0 Å². The van der Waals surface area contributed by atoms with E-state index in [9.17, 15) is 9.59 Å². The Morgan fingerprint density at radius 3 is 2.53 bits per heavy atom. The second kappa shape index (κ2) is 9.82. The van der Waals surface area contributed by atoms with E-state index >= 15 is 0 Å². The SMILES string of the molecule is Cl.N[C@@H]1CCC[C@H]1CC(=O)Nc1ccccc1C(=O)Nc1ccc2c(c1)OCCO2. The third kappa shape index (κ3) is 5.04. The Morgan fingerprint density at radius 2 is 1.77 bits per heavy atom. The summed E-state index contributed by atoms with van der Waals surface area (Å²) in [5, 5.41) is 5.73. The highest BCUT2D eigenvalue weighted by atomic mass is 35.5. The number of amides is 2. The van der Waals surface area contributed by atoms with Gasteiger partial charge in [-0.1, -0.05) is 18.6 Å². The molecule has 0 spiro atoms. The number of rotatable bonds is 5. The zero-order valence-electron chi connectivity index (χ0n) is 16.6. The van der Waals surface area contributed by atoms with Gasteiger partial charge in [0.25, 0.3) is 5.91 Å². The number of nitrogens with two attached hydrogens (primary N) is 1. The van der Waals surface area contributed by atoms with Crippen LogP contribution in [0.3, 0.4) is 0 Å². The molecule has 0 saturated heterocycles. The quantitative estimate of drug-likeness (QED) is 0.671. The fraction of sp³-hybridized carbons (Fsp3) is 0.364. The van der Waals surface area contributed by atoms with Crippen molar-refractivity contribution in [3.8, 4) is 11.5 Å². The summed E-state index contributed by atoms with van der Waals surface area (Å²) in [5.74, 6) is 1.03.